The lowest BCUT2D eigenvalue weighted by molar-refractivity contribution is 0.0197. The first-order chi connectivity index (χ1) is 12.5. The molecule has 6 heteroatoms. The Bertz CT molecular complexity index is 819. The zero-order valence-electron chi connectivity index (χ0n) is 15.8. The zero-order valence-corrected chi connectivity index (χ0v) is 15.8. The molecule has 4 rings (SSSR count). The second kappa shape index (κ2) is 6.43. The summed E-state index contributed by atoms with van der Waals surface area (Å²) in [6, 6.07) is 6.02. The van der Waals surface area contributed by atoms with Crippen molar-refractivity contribution >= 4 is 11.7 Å². The number of rotatable bonds is 1. The number of imidazole rings is 1. The van der Waals surface area contributed by atoms with Gasteiger partial charge in [-0.2, -0.15) is 0 Å². The molecule has 1 saturated heterocycles. The molecule has 0 aliphatic carbocycles. The van der Waals surface area contributed by atoms with E-state index in [-0.39, 0.29) is 11.6 Å². The summed E-state index contributed by atoms with van der Waals surface area (Å²) in [7, 11) is 2.18. The number of carbonyl (C=O) groups is 1. The molecule has 138 valence electrons. The highest BCUT2D eigenvalue weighted by molar-refractivity contribution is 5.90. The third-order valence-corrected chi connectivity index (χ3v) is 6.26. The molecule has 1 aromatic carbocycles. The van der Waals surface area contributed by atoms with Gasteiger partial charge in [0.15, 0.2) is 0 Å². The molecule has 0 radical (unpaired) electrons. The van der Waals surface area contributed by atoms with Crippen LogP contribution in [-0.2, 0) is 12.1 Å². The van der Waals surface area contributed by atoms with Gasteiger partial charge < -0.3 is 14.8 Å². The summed E-state index contributed by atoms with van der Waals surface area (Å²) in [4.78, 5) is 21.8. The van der Waals surface area contributed by atoms with Gasteiger partial charge in [0.25, 0.3) is 0 Å². The highest BCUT2D eigenvalue weighted by Gasteiger charge is 2.45. The van der Waals surface area contributed by atoms with Crippen molar-refractivity contribution in [3.8, 4) is 0 Å². The Balaban J connectivity index is 1.47. The molecule has 0 atom stereocenters. The van der Waals surface area contributed by atoms with E-state index in [4.69, 9.17) is 0 Å². The van der Waals surface area contributed by atoms with Crippen LogP contribution in [0.3, 0.4) is 0 Å². The van der Waals surface area contributed by atoms with Crippen molar-refractivity contribution in [2.45, 2.75) is 38.8 Å². The van der Waals surface area contributed by atoms with Gasteiger partial charge in [-0.25, -0.2) is 9.78 Å². The van der Waals surface area contributed by atoms with Crippen molar-refractivity contribution in [2.75, 3.05) is 32.0 Å². The fourth-order valence-corrected chi connectivity index (χ4v) is 4.31. The Kier molecular flexibility index (Phi) is 4.23. The third kappa shape index (κ3) is 2.69. The van der Waals surface area contributed by atoms with Gasteiger partial charge >= 0.3 is 6.03 Å². The quantitative estimate of drug-likeness (QED) is 0.857. The smallest absolute Gasteiger partial charge is 0.321 e. The number of aromatic nitrogens is 2. The van der Waals surface area contributed by atoms with Crippen LogP contribution < -0.4 is 5.32 Å². The lowest BCUT2D eigenvalue weighted by Gasteiger charge is -2.49. The number of hydrogen-bond acceptors (Lipinski definition) is 3. The largest absolute Gasteiger partial charge is 0.332 e. The monoisotopic (exact) mass is 353 g/mol. The summed E-state index contributed by atoms with van der Waals surface area (Å²) in [5, 5.41) is 3.09. The van der Waals surface area contributed by atoms with Crippen LogP contribution >= 0.6 is 0 Å². The van der Waals surface area contributed by atoms with Crippen LogP contribution in [0.2, 0.25) is 0 Å². The first kappa shape index (κ1) is 17.1. The molecule has 1 aromatic heterocycles. The zero-order chi connectivity index (χ0) is 18.3. The number of benzene rings is 1. The summed E-state index contributed by atoms with van der Waals surface area (Å²) in [6.45, 7) is 7.62. The van der Waals surface area contributed by atoms with E-state index in [1.54, 1.807) is 0 Å². The molecule has 2 aliphatic rings. The van der Waals surface area contributed by atoms with E-state index in [0.29, 0.717) is 0 Å². The predicted octanol–water partition coefficient (Wildman–Crippen LogP) is 2.97. The normalized spacial score (nSPS) is 19.4. The number of nitrogens with zero attached hydrogens (tertiary/aromatic N) is 4. The molecule has 1 spiro atoms. The molecule has 26 heavy (non-hydrogen) atoms. The Hall–Kier alpha value is -2.34. The highest BCUT2D eigenvalue weighted by Crippen LogP contribution is 2.39. The predicted molar refractivity (Wildman–Crippen MR) is 102 cm³/mol. The van der Waals surface area contributed by atoms with Crippen LogP contribution in [0.15, 0.2) is 30.6 Å². The summed E-state index contributed by atoms with van der Waals surface area (Å²) < 4.78 is 2.27. The van der Waals surface area contributed by atoms with Crippen molar-refractivity contribution in [1.29, 1.82) is 0 Å². The van der Waals surface area contributed by atoms with Gasteiger partial charge in [0.05, 0.1) is 5.54 Å². The number of amides is 2. The summed E-state index contributed by atoms with van der Waals surface area (Å²) in [5.74, 6) is 1.15. The number of likely N-dealkylation sites (tertiary alicyclic amines) is 1. The minimum absolute atomic E-state index is 0.00430. The number of likely N-dealkylation sites (N-methyl/N-ethyl adjacent to an activating group) is 1. The first-order valence-electron chi connectivity index (χ1n) is 9.36. The van der Waals surface area contributed by atoms with Gasteiger partial charge in [0.1, 0.15) is 5.82 Å². The minimum Gasteiger partial charge on any atom is -0.332 e. The van der Waals surface area contributed by atoms with Crippen LogP contribution in [0.4, 0.5) is 10.5 Å². The van der Waals surface area contributed by atoms with Crippen LogP contribution in [0.25, 0.3) is 0 Å². The molecule has 3 heterocycles. The van der Waals surface area contributed by atoms with Gasteiger partial charge in [0, 0.05) is 44.3 Å². The van der Waals surface area contributed by atoms with Crippen molar-refractivity contribution in [3.05, 3.63) is 47.5 Å². The van der Waals surface area contributed by atoms with Crippen molar-refractivity contribution in [1.82, 2.24) is 19.4 Å². The minimum atomic E-state index is -0.0439. The van der Waals surface area contributed by atoms with E-state index in [0.717, 1.165) is 56.1 Å². The Morgan fingerprint density at radius 2 is 1.92 bits per heavy atom. The third-order valence-electron chi connectivity index (χ3n) is 6.26. The molecular formula is C20H27N5O. The number of carbonyl (C=O) groups excluding carboxylic acids is 1. The molecular weight excluding hydrogens is 326 g/mol. The molecule has 2 amide bonds. The van der Waals surface area contributed by atoms with E-state index in [2.05, 4.69) is 46.0 Å². The van der Waals surface area contributed by atoms with Crippen LogP contribution in [-0.4, -0.2) is 52.1 Å². The average Bonchev–Trinajstić information content (AvgIpc) is 3.13. The number of piperidine rings is 1. The Morgan fingerprint density at radius 1 is 1.15 bits per heavy atom. The molecule has 2 aliphatic heterocycles. The van der Waals surface area contributed by atoms with Crippen molar-refractivity contribution in [2.24, 2.45) is 0 Å². The molecule has 1 N–H and O–H groups in total. The number of nitrogens with one attached hydrogen (secondary N) is 1. The standard InChI is InChI=1S/C20H27N5O/c1-15-5-4-6-17(16(15)2)22-19(26)25-10-7-20(8-11-25)18-21-9-12-24(18)14-13-23(20)3/h4-6,9,12H,7-8,10-11,13-14H2,1-3H3,(H,22,26). The molecule has 0 bridgehead atoms. The summed E-state index contributed by atoms with van der Waals surface area (Å²) >= 11 is 0. The SMILES string of the molecule is Cc1cccc(NC(=O)N2CCC3(CC2)c2nccn2CCN3C)c1C. The van der Waals surface area contributed by atoms with Gasteiger partial charge in [-0.3, -0.25) is 4.90 Å². The molecule has 2 aromatic rings. The maximum Gasteiger partial charge on any atom is 0.321 e. The number of anilines is 1. The number of urea groups is 1. The van der Waals surface area contributed by atoms with E-state index in [9.17, 15) is 4.79 Å². The second-order valence-electron chi connectivity index (χ2n) is 7.56. The van der Waals surface area contributed by atoms with Crippen LogP contribution in [0, 0.1) is 13.8 Å². The lowest BCUT2D eigenvalue weighted by Crippen LogP contribution is -2.57. The van der Waals surface area contributed by atoms with Crippen LogP contribution in [0.5, 0.6) is 0 Å². The number of aryl methyl sites for hydroxylation is 1. The molecule has 0 unspecified atom stereocenters. The van der Waals surface area contributed by atoms with Crippen LogP contribution in [0.1, 0.15) is 29.8 Å². The van der Waals surface area contributed by atoms with E-state index >= 15 is 0 Å². The second-order valence-corrected chi connectivity index (χ2v) is 7.56. The van der Waals surface area contributed by atoms with Crippen molar-refractivity contribution in [3.63, 3.8) is 0 Å². The maximum atomic E-state index is 12.8. The first-order valence-corrected chi connectivity index (χ1v) is 9.36. The summed E-state index contributed by atoms with van der Waals surface area (Å²) in [5.41, 5.74) is 3.18. The number of hydrogen-bond donors (Lipinski definition) is 1. The molecule has 0 saturated carbocycles. The number of fused-ring (bicyclic) bond motifs is 2. The van der Waals surface area contributed by atoms with Gasteiger partial charge in [0.2, 0.25) is 0 Å². The highest BCUT2D eigenvalue weighted by atomic mass is 16.2. The molecule has 1 fully saturated rings. The van der Waals surface area contributed by atoms with Gasteiger partial charge in [-0.05, 0) is 50.9 Å². The lowest BCUT2D eigenvalue weighted by atomic mass is 9.83. The van der Waals surface area contributed by atoms with Crippen molar-refractivity contribution < 1.29 is 4.79 Å². The fourth-order valence-electron chi connectivity index (χ4n) is 4.31. The maximum absolute atomic E-state index is 12.8. The van der Waals surface area contributed by atoms with E-state index in [1.165, 1.54) is 5.56 Å². The average molecular weight is 353 g/mol. The van der Waals surface area contributed by atoms with Gasteiger partial charge in [-0.15, -0.1) is 0 Å². The molecule has 6 nitrogen and oxygen atoms in total. The van der Waals surface area contributed by atoms with Gasteiger partial charge in [-0.1, -0.05) is 12.1 Å². The Labute approximate surface area is 154 Å². The topological polar surface area (TPSA) is 53.4 Å². The van der Waals surface area contributed by atoms with E-state index < -0.39 is 0 Å². The fraction of sp³-hybridized carbons (Fsp3) is 0.500. The van der Waals surface area contributed by atoms with E-state index in [1.807, 2.05) is 30.2 Å². The Morgan fingerprint density at radius 3 is 2.69 bits per heavy atom. The summed E-state index contributed by atoms with van der Waals surface area (Å²) in [6.07, 6.45) is 5.81.